The number of benzene rings is 1. The Balaban J connectivity index is 1.20. The zero-order chi connectivity index (χ0) is 24.7. The summed E-state index contributed by atoms with van der Waals surface area (Å²) >= 11 is 6.77. The third-order valence-corrected chi connectivity index (χ3v) is 8.92. The monoisotopic (exact) mass is 492 g/mol. The van der Waals surface area contributed by atoms with E-state index in [0.717, 1.165) is 47.4 Å². The van der Waals surface area contributed by atoms with Crippen molar-refractivity contribution in [2.45, 2.75) is 81.8 Å². The molecule has 35 heavy (non-hydrogen) atoms. The van der Waals surface area contributed by atoms with Gasteiger partial charge in [0.2, 0.25) is 0 Å². The van der Waals surface area contributed by atoms with E-state index < -0.39 is 0 Å². The van der Waals surface area contributed by atoms with E-state index in [1.54, 1.807) is 0 Å². The van der Waals surface area contributed by atoms with Crippen LogP contribution >= 0.6 is 11.6 Å². The summed E-state index contributed by atoms with van der Waals surface area (Å²) in [5.41, 5.74) is 3.88. The lowest BCUT2D eigenvalue weighted by atomic mass is 9.84. The first-order chi connectivity index (χ1) is 16.6. The van der Waals surface area contributed by atoms with E-state index >= 15 is 0 Å². The van der Waals surface area contributed by atoms with Gasteiger partial charge in [-0.2, -0.15) is 5.10 Å². The minimum atomic E-state index is 0.0486. The Morgan fingerprint density at radius 3 is 2.60 bits per heavy atom. The van der Waals surface area contributed by atoms with Crippen LogP contribution in [-0.4, -0.2) is 54.7 Å². The highest BCUT2D eigenvalue weighted by Crippen LogP contribution is 2.57. The van der Waals surface area contributed by atoms with E-state index in [1.165, 1.54) is 12.8 Å². The molecule has 1 aromatic carbocycles. The van der Waals surface area contributed by atoms with Gasteiger partial charge in [0.15, 0.2) is 5.65 Å². The molecule has 8 heteroatoms. The molecule has 2 aliphatic heterocycles. The van der Waals surface area contributed by atoms with Gasteiger partial charge in [-0.05, 0) is 76.5 Å². The predicted molar refractivity (Wildman–Crippen MR) is 137 cm³/mol. The number of aromatic nitrogens is 4. The van der Waals surface area contributed by atoms with Crippen LogP contribution in [0, 0.1) is 6.92 Å². The number of hydrogen-bond donors (Lipinski definition) is 1. The number of carbonyl (C=O) groups excluding carboxylic acids is 1. The van der Waals surface area contributed by atoms with Crippen LogP contribution in [0.15, 0.2) is 24.4 Å². The first kappa shape index (κ1) is 22.9. The number of nitrogens with one attached hydrogen (secondary N) is 1. The normalized spacial score (nSPS) is 31.7. The molecule has 3 unspecified atom stereocenters. The zero-order valence-electron chi connectivity index (χ0n) is 21.1. The van der Waals surface area contributed by atoms with Crippen molar-refractivity contribution in [1.82, 2.24) is 30.0 Å². The summed E-state index contributed by atoms with van der Waals surface area (Å²) in [7, 11) is 3.87. The molecule has 1 aliphatic carbocycles. The van der Waals surface area contributed by atoms with E-state index in [2.05, 4.69) is 29.1 Å². The minimum absolute atomic E-state index is 0.0486. The lowest BCUT2D eigenvalue weighted by molar-refractivity contribution is 0.0597. The first-order valence-electron chi connectivity index (χ1n) is 12.6. The molecule has 7 nitrogen and oxygen atoms in total. The molecular weight excluding hydrogens is 460 g/mol. The average Bonchev–Trinajstić information content (AvgIpc) is 3.47. The Morgan fingerprint density at radius 2 is 1.91 bits per heavy atom. The topological polar surface area (TPSA) is 75.9 Å². The maximum absolute atomic E-state index is 13.4. The van der Waals surface area contributed by atoms with E-state index in [1.807, 2.05) is 55.0 Å². The lowest BCUT2D eigenvalue weighted by Crippen LogP contribution is -2.59. The van der Waals surface area contributed by atoms with Gasteiger partial charge in [-0.15, -0.1) is 0 Å². The second-order valence-electron chi connectivity index (χ2n) is 11.6. The summed E-state index contributed by atoms with van der Waals surface area (Å²) in [5, 5.41) is 10.2. The fraction of sp³-hybridized carbons (Fsp3) is 0.556. The molecule has 2 bridgehead atoms. The van der Waals surface area contributed by atoms with Crippen molar-refractivity contribution in [3.8, 4) is 0 Å². The largest absolute Gasteiger partial charge is 0.339 e. The van der Waals surface area contributed by atoms with Crippen LogP contribution < -0.4 is 5.32 Å². The highest BCUT2D eigenvalue weighted by molar-refractivity contribution is 6.31. The summed E-state index contributed by atoms with van der Waals surface area (Å²) in [4.78, 5) is 24.3. The van der Waals surface area contributed by atoms with Gasteiger partial charge in [0, 0.05) is 53.9 Å². The summed E-state index contributed by atoms with van der Waals surface area (Å²) < 4.78 is 1.84. The van der Waals surface area contributed by atoms with Gasteiger partial charge in [-0.25, -0.2) is 9.97 Å². The van der Waals surface area contributed by atoms with E-state index in [9.17, 15) is 4.79 Å². The molecule has 184 valence electrons. The summed E-state index contributed by atoms with van der Waals surface area (Å²) in [6.07, 6.45) is 7.18. The zero-order valence-corrected chi connectivity index (χ0v) is 21.9. The SMILES string of the molecule is Cc1ncc2c(C3CC3c3ccc(C(=O)N(C)C4C[C@]5(C)CC[C@](C)(C4)N5)cc3Cl)nn(C)c2n1. The molecule has 4 heterocycles. The number of carbonyl (C=O) groups is 1. The molecule has 0 radical (unpaired) electrons. The van der Waals surface area contributed by atoms with Gasteiger partial charge in [0.05, 0.1) is 11.1 Å². The lowest BCUT2D eigenvalue weighted by Gasteiger charge is -2.45. The molecule has 1 saturated carbocycles. The molecule has 1 N–H and O–H groups in total. The van der Waals surface area contributed by atoms with Gasteiger partial charge >= 0.3 is 0 Å². The third kappa shape index (κ3) is 3.84. The number of nitrogens with zero attached hydrogens (tertiary/aromatic N) is 5. The van der Waals surface area contributed by atoms with Crippen molar-refractivity contribution in [2.24, 2.45) is 7.05 Å². The molecular formula is C27H33ClN6O. The van der Waals surface area contributed by atoms with Crippen molar-refractivity contribution >= 4 is 28.5 Å². The molecule has 3 aliphatic rings. The van der Waals surface area contributed by atoms with Gasteiger partial charge in [0.1, 0.15) is 5.82 Å². The maximum atomic E-state index is 13.4. The molecule has 3 aromatic rings. The van der Waals surface area contributed by atoms with E-state index in [0.29, 0.717) is 22.4 Å². The second-order valence-corrected chi connectivity index (χ2v) is 12.0. The smallest absolute Gasteiger partial charge is 0.253 e. The molecule has 2 saturated heterocycles. The second kappa shape index (κ2) is 7.74. The van der Waals surface area contributed by atoms with Gasteiger partial charge in [-0.3, -0.25) is 9.48 Å². The molecule has 5 atom stereocenters. The standard InChI is InChI=1S/C27H33ClN6O/c1-15-29-14-21-23(31-34(5)24(21)30-15)20-11-19(20)18-7-6-16(10-22(18)28)25(35)33(4)17-12-26(2)8-9-27(3,13-17)32-26/h6-7,10,14,17,19-20,32H,8-9,11-13H2,1-5H3/t17?,19?,20?,26-,27+. The van der Waals surface area contributed by atoms with Crippen LogP contribution in [0.1, 0.15) is 85.2 Å². The van der Waals surface area contributed by atoms with Gasteiger partial charge in [0.25, 0.3) is 5.91 Å². The first-order valence-corrected chi connectivity index (χ1v) is 13.0. The van der Waals surface area contributed by atoms with Gasteiger partial charge in [-0.1, -0.05) is 17.7 Å². The number of rotatable bonds is 4. The highest BCUT2D eigenvalue weighted by Gasteiger charge is 2.50. The minimum Gasteiger partial charge on any atom is -0.339 e. The van der Waals surface area contributed by atoms with E-state index in [-0.39, 0.29) is 23.0 Å². The summed E-state index contributed by atoms with van der Waals surface area (Å²) in [6.45, 7) is 6.47. The van der Waals surface area contributed by atoms with Crippen LogP contribution in [0.4, 0.5) is 0 Å². The number of hydrogen-bond acceptors (Lipinski definition) is 5. The molecule has 2 aromatic heterocycles. The molecule has 0 spiro atoms. The molecule has 1 amide bonds. The Hall–Kier alpha value is -2.51. The Morgan fingerprint density at radius 1 is 1.20 bits per heavy atom. The van der Waals surface area contributed by atoms with Crippen molar-refractivity contribution < 1.29 is 4.79 Å². The number of amides is 1. The van der Waals surface area contributed by atoms with Crippen molar-refractivity contribution in [3.05, 3.63) is 52.1 Å². The number of halogens is 1. The number of fused-ring (bicyclic) bond motifs is 3. The summed E-state index contributed by atoms with van der Waals surface area (Å²) in [6, 6.07) is 6.06. The van der Waals surface area contributed by atoms with Crippen LogP contribution in [0.2, 0.25) is 5.02 Å². The van der Waals surface area contributed by atoms with E-state index in [4.69, 9.17) is 16.7 Å². The average molecular weight is 493 g/mol. The summed E-state index contributed by atoms with van der Waals surface area (Å²) in [5.74, 6) is 1.38. The molecule has 3 fully saturated rings. The molecule has 6 rings (SSSR count). The Kier molecular flexibility index (Phi) is 5.07. The van der Waals surface area contributed by atoms with Crippen molar-refractivity contribution in [2.75, 3.05) is 7.05 Å². The fourth-order valence-corrected chi connectivity index (χ4v) is 7.01. The highest BCUT2D eigenvalue weighted by atomic mass is 35.5. The van der Waals surface area contributed by atoms with Crippen molar-refractivity contribution in [1.29, 1.82) is 0 Å². The quantitative estimate of drug-likeness (QED) is 0.569. The fourth-order valence-electron chi connectivity index (χ4n) is 6.69. The third-order valence-electron chi connectivity index (χ3n) is 8.59. The number of piperidine rings is 1. The van der Waals surface area contributed by atoms with Crippen LogP contribution in [0.5, 0.6) is 0 Å². The van der Waals surface area contributed by atoms with Crippen LogP contribution in [0.25, 0.3) is 11.0 Å². The maximum Gasteiger partial charge on any atom is 0.253 e. The van der Waals surface area contributed by atoms with Gasteiger partial charge < -0.3 is 10.2 Å². The van der Waals surface area contributed by atoms with Crippen LogP contribution in [0.3, 0.4) is 0 Å². The predicted octanol–water partition coefficient (Wildman–Crippen LogP) is 4.73. The number of aryl methyl sites for hydroxylation is 2. The Labute approximate surface area is 211 Å². The van der Waals surface area contributed by atoms with Crippen molar-refractivity contribution in [3.63, 3.8) is 0 Å². The van der Waals surface area contributed by atoms with Crippen LogP contribution in [-0.2, 0) is 7.05 Å². The Bertz CT molecular complexity index is 1330.